The minimum absolute atomic E-state index is 0.0466. The second-order valence-corrected chi connectivity index (χ2v) is 7.57. The van der Waals surface area contributed by atoms with E-state index >= 15 is 0 Å². The molecule has 140 valence electrons. The quantitative estimate of drug-likeness (QED) is 0.663. The minimum Gasteiger partial charge on any atom is -0.338 e. The average Bonchev–Trinajstić information content (AvgIpc) is 3.33. The summed E-state index contributed by atoms with van der Waals surface area (Å²) in [5.74, 6) is 0.220. The summed E-state index contributed by atoms with van der Waals surface area (Å²) in [6.07, 6.45) is 0. The van der Waals surface area contributed by atoms with Gasteiger partial charge in [-0.1, -0.05) is 22.8 Å². The lowest BCUT2D eigenvalue weighted by Crippen LogP contribution is -2.48. The molecule has 1 saturated heterocycles. The third kappa shape index (κ3) is 4.02. The van der Waals surface area contributed by atoms with Crippen LogP contribution in [0.15, 0.2) is 40.2 Å². The molecule has 3 heterocycles. The number of thiophene rings is 1. The predicted octanol–water partition coefficient (Wildman–Crippen LogP) is 3.55. The molecule has 0 aliphatic carbocycles. The number of benzene rings is 1. The zero-order chi connectivity index (χ0) is 18.8. The van der Waals surface area contributed by atoms with Gasteiger partial charge >= 0.3 is 0 Å². The van der Waals surface area contributed by atoms with Gasteiger partial charge in [0.2, 0.25) is 11.7 Å². The average molecular weight is 407 g/mol. The Morgan fingerprint density at radius 3 is 2.78 bits per heavy atom. The Bertz CT molecular complexity index is 939. The van der Waals surface area contributed by atoms with Gasteiger partial charge in [-0.15, -0.1) is 11.3 Å². The fourth-order valence-electron chi connectivity index (χ4n) is 2.96. The van der Waals surface area contributed by atoms with Gasteiger partial charge in [0.1, 0.15) is 5.82 Å². The van der Waals surface area contributed by atoms with E-state index in [1.807, 2.05) is 17.5 Å². The van der Waals surface area contributed by atoms with Gasteiger partial charge in [-0.25, -0.2) is 4.39 Å². The van der Waals surface area contributed by atoms with Crippen molar-refractivity contribution in [1.82, 2.24) is 19.9 Å². The summed E-state index contributed by atoms with van der Waals surface area (Å²) in [5, 5.41) is 6.24. The summed E-state index contributed by atoms with van der Waals surface area (Å²) >= 11 is 7.30. The number of rotatable bonds is 4. The Labute approximate surface area is 164 Å². The first kappa shape index (κ1) is 18.1. The van der Waals surface area contributed by atoms with Crippen molar-refractivity contribution in [2.75, 3.05) is 26.2 Å². The molecule has 4 rings (SSSR count). The molecule has 9 heteroatoms. The third-order valence-electron chi connectivity index (χ3n) is 4.39. The molecule has 6 nitrogen and oxygen atoms in total. The van der Waals surface area contributed by atoms with Gasteiger partial charge in [-0.05, 0) is 29.6 Å². The molecule has 0 spiro atoms. The zero-order valence-electron chi connectivity index (χ0n) is 14.3. The fraction of sp³-hybridized carbons (Fsp3) is 0.278. The molecule has 1 amide bonds. The Kier molecular flexibility index (Phi) is 5.20. The second-order valence-electron chi connectivity index (χ2n) is 6.18. The van der Waals surface area contributed by atoms with Crippen LogP contribution in [0.3, 0.4) is 0 Å². The number of piperazine rings is 1. The lowest BCUT2D eigenvalue weighted by molar-refractivity contribution is 0.0610. The van der Waals surface area contributed by atoms with Crippen molar-refractivity contribution >= 4 is 28.8 Å². The molecule has 1 fully saturated rings. The molecule has 0 bridgehead atoms. The van der Waals surface area contributed by atoms with Crippen molar-refractivity contribution in [2.24, 2.45) is 0 Å². The van der Waals surface area contributed by atoms with Crippen LogP contribution >= 0.6 is 22.9 Å². The van der Waals surface area contributed by atoms with Crippen LogP contribution < -0.4 is 0 Å². The highest BCUT2D eigenvalue weighted by atomic mass is 35.5. The number of aromatic nitrogens is 2. The molecule has 0 radical (unpaired) electrons. The van der Waals surface area contributed by atoms with E-state index in [0.717, 1.165) is 10.9 Å². The van der Waals surface area contributed by atoms with E-state index in [-0.39, 0.29) is 16.5 Å². The van der Waals surface area contributed by atoms with E-state index in [0.29, 0.717) is 44.4 Å². The highest BCUT2D eigenvalue weighted by Gasteiger charge is 2.25. The van der Waals surface area contributed by atoms with Crippen molar-refractivity contribution in [2.45, 2.75) is 6.54 Å². The van der Waals surface area contributed by atoms with Gasteiger partial charge in [0.25, 0.3) is 5.91 Å². The third-order valence-corrected chi connectivity index (χ3v) is 5.49. The number of hydrogen-bond acceptors (Lipinski definition) is 6. The van der Waals surface area contributed by atoms with Gasteiger partial charge in [-0.3, -0.25) is 9.69 Å². The Hall–Kier alpha value is -2.29. The normalized spacial score (nSPS) is 15.3. The number of carbonyl (C=O) groups excluding carboxylic acids is 1. The molecule has 1 aromatic carbocycles. The van der Waals surface area contributed by atoms with Gasteiger partial charge < -0.3 is 9.42 Å². The van der Waals surface area contributed by atoms with Crippen LogP contribution in [0.25, 0.3) is 10.7 Å². The standard InChI is InChI=1S/C18H16ClFN4O2S/c19-12-3-4-13(14(20)10-12)18(25)24-7-5-23(6-8-24)11-16-21-17(22-26-16)15-2-1-9-27-15/h1-4,9-10H,5-8,11H2. The summed E-state index contributed by atoms with van der Waals surface area (Å²) < 4.78 is 19.3. The number of halogens is 2. The summed E-state index contributed by atoms with van der Waals surface area (Å²) in [4.78, 5) is 21.7. The van der Waals surface area contributed by atoms with Crippen LogP contribution in [0.1, 0.15) is 16.2 Å². The molecule has 3 aromatic rings. The van der Waals surface area contributed by atoms with Crippen molar-refractivity contribution in [3.8, 4) is 10.7 Å². The molecular formula is C18H16ClFN4O2S. The van der Waals surface area contributed by atoms with E-state index in [2.05, 4.69) is 15.0 Å². The summed E-state index contributed by atoms with van der Waals surface area (Å²) in [7, 11) is 0. The molecule has 0 atom stereocenters. The zero-order valence-corrected chi connectivity index (χ0v) is 15.8. The summed E-state index contributed by atoms with van der Waals surface area (Å²) in [6, 6.07) is 7.99. The molecule has 0 saturated carbocycles. The maximum Gasteiger partial charge on any atom is 0.256 e. The molecule has 0 unspecified atom stereocenters. The van der Waals surface area contributed by atoms with Crippen LogP contribution in [0.4, 0.5) is 4.39 Å². The monoisotopic (exact) mass is 406 g/mol. The highest BCUT2D eigenvalue weighted by Crippen LogP contribution is 2.22. The van der Waals surface area contributed by atoms with Crippen molar-refractivity contribution < 1.29 is 13.7 Å². The topological polar surface area (TPSA) is 62.5 Å². The molecule has 1 aliphatic rings. The van der Waals surface area contributed by atoms with Crippen LogP contribution in [-0.4, -0.2) is 52.0 Å². The Morgan fingerprint density at radius 1 is 1.26 bits per heavy atom. The molecule has 27 heavy (non-hydrogen) atoms. The molecular weight excluding hydrogens is 391 g/mol. The van der Waals surface area contributed by atoms with Gasteiger partial charge in [-0.2, -0.15) is 4.98 Å². The fourth-order valence-corrected chi connectivity index (χ4v) is 3.77. The Morgan fingerprint density at radius 2 is 2.07 bits per heavy atom. The minimum atomic E-state index is -0.595. The smallest absolute Gasteiger partial charge is 0.256 e. The highest BCUT2D eigenvalue weighted by molar-refractivity contribution is 7.13. The first-order valence-corrected chi connectivity index (χ1v) is 9.69. The summed E-state index contributed by atoms with van der Waals surface area (Å²) in [5.41, 5.74) is 0.0466. The Balaban J connectivity index is 1.34. The van der Waals surface area contributed by atoms with Crippen molar-refractivity contribution in [3.63, 3.8) is 0 Å². The van der Waals surface area contributed by atoms with Crippen LogP contribution in [-0.2, 0) is 6.54 Å². The van der Waals surface area contributed by atoms with Crippen molar-refractivity contribution in [1.29, 1.82) is 0 Å². The molecule has 2 aromatic heterocycles. The summed E-state index contributed by atoms with van der Waals surface area (Å²) in [6.45, 7) is 2.84. The van der Waals surface area contributed by atoms with E-state index in [1.54, 1.807) is 16.2 Å². The number of amides is 1. The van der Waals surface area contributed by atoms with E-state index < -0.39 is 5.82 Å². The van der Waals surface area contributed by atoms with E-state index in [9.17, 15) is 9.18 Å². The molecule has 0 N–H and O–H groups in total. The lowest BCUT2D eigenvalue weighted by Gasteiger charge is -2.34. The maximum atomic E-state index is 14.0. The van der Waals surface area contributed by atoms with Crippen LogP contribution in [0.2, 0.25) is 5.02 Å². The van der Waals surface area contributed by atoms with Gasteiger partial charge in [0, 0.05) is 31.2 Å². The number of hydrogen-bond donors (Lipinski definition) is 0. The SMILES string of the molecule is O=C(c1ccc(Cl)cc1F)N1CCN(Cc2nc(-c3cccs3)no2)CC1. The number of carbonyl (C=O) groups is 1. The van der Waals surface area contributed by atoms with Crippen LogP contribution in [0.5, 0.6) is 0 Å². The first-order chi connectivity index (χ1) is 13.1. The molecule has 1 aliphatic heterocycles. The lowest BCUT2D eigenvalue weighted by atomic mass is 10.1. The van der Waals surface area contributed by atoms with E-state index in [1.165, 1.54) is 12.1 Å². The van der Waals surface area contributed by atoms with Crippen LogP contribution in [0, 0.1) is 5.82 Å². The van der Waals surface area contributed by atoms with Gasteiger partial charge in [0.05, 0.1) is 17.0 Å². The van der Waals surface area contributed by atoms with E-state index in [4.69, 9.17) is 16.1 Å². The largest absolute Gasteiger partial charge is 0.338 e. The predicted molar refractivity (Wildman–Crippen MR) is 100 cm³/mol. The van der Waals surface area contributed by atoms with Crippen molar-refractivity contribution in [3.05, 3.63) is 58.0 Å². The first-order valence-electron chi connectivity index (χ1n) is 8.43. The maximum absolute atomic E-state index is 14.0. The number of nitrogens with zero attached hydrogens (tertiary/aromatic N) is 4. The van der Waals surface area contributed by atoms with Gasteiger partial charge in [0.15, 0.2) is 0 Å². The second kappa shape index (κ2) is 7.75.